The Morgan fingerprint density at radius 1 is 1.36 bits per heavy atom. The van der Waals surface area contributed by atoms with Crippen LogP contribution in [0.4, 0.5) is 10.1 Å². The lowest BCUT2D eigenvalue weighted by atomic mass is 10.1. The highest BCUT2D eigenvalue weighted by Gasteiger charge is 2.35. The summed E-state index contributed by atoms with van der Waals surface area (Å²) in [5.41, 5.74) is 0.626. The van der Waals surface area contributed by atoms with Gasteiger partial charge in [0.05, 0.1) is 12.0 Å². The Morgan fingerprint density at radius 2 is 2.14 bits per heavy atom. The van der Waals surface area contributed by atoms with Crippen LogP contribution in [0.1, 0.15) is 19.3 Å². The highest BCUT2D eigenvalue weighted by Crippen LogP contribution is 2.25. The lowest BCUT2D eigenvalue weighted by Crippen LogP contribution is -2.37. The number of hydrogen-bond donors (Lipinski definition) is 1. The summed E-state index contributed by atoms with van der Waals surface area (Å²) in [6, 6.07) is 5.74. The van der Waals surface area contributed by atoms with Crippen molar-refractivity contribution in [2.75, 3.05) is 24.6 Å². The predicted octanol–water partition coefficient (Wildman–Crippen LogP) is 1.47. The fraction of sp³-hybridized carbons (Fsp3) is 0.500. The number of rotatable bonds is 4. The summed E-state index contributed by atoms with van der Waals surface area (Å²) in [6.07, 6.45) is 2.27. The van der Waals surface area contributed by atoms with E-state index >= 15 is 0 Å². The summed E-state index contributed by atoms with van der Waals surface area (Å²) in [6.45, 7) is 1.59. The van der Waals surface area contributed by atoms with Crippen LogP contribution in [-0.2, 0) is 14.3 Å². The fourth-order valence-electron chi connectivity index (χ4n) is 2.92. The van der Waals surface area contributed by atoms with Crippen LogP contribution in [0, 0.1) is 11.7 Å². The second-order valence-electron chi connectivity index (χ2n) is 5.76. The number of nitrogens with zero attached hydrogens (tertiary/aromatic N) is 1. The molecule has 2 aliphatic heterocycles. The second kappa shape index (κ2) is 6.44. The third-order valence-corrected chi connectivity index (χ3v) is 4.16. The van der Waals surface area contributed by atoms with Crippen LogP contribution in [-0.4, -0.2) is 37.6 Å². The molecule has 22 heavy (non-hydrogen) atoms. The molecule has 0 spiro atoms. The molecule has 3 rings (SSSR count). The Balaban J connectivity index is 1.56. The molecular weight excluding hydrogens is 287 g/mol. The summed E-state index contributed by atoms with van der Waals surface area (Å²) >= 11 is 0. The number of carbonyl (C=O) groups is 2. The van der Waals surface area contributed by atoms with Crippen molar-refractivity contribution in [1.82, 2.24) is 5.32 Å². The van der Waals surface area contributed by atoms with Crippen LogP contribution in [0.3, 0.4) is 0 Å². The molecule has 2 saturated heterocycles. The molecular formula is C16H19FN2O3. The van der Waals surface area contributed by atoms with Gasteiger partial charge in [-0.1, -0.05) is 0 Å². The molecule has 0 aliphatic carbocycles. The predicted molar refractivity (Wildman–Crippen MR) is 78.8 cm³/mol. The normalized spacial score (nSPS) is 24.8. The van der Waals surface area contributed by atoms with Gasteiger partial charge in [0.2, 0.25) is 11.8 Å². The van der Waals surface area contributed by atoms with Gasteiger partial charge in [0.25, 0.3) is 0 Å². The van der Waals surface area contributed by atoms with E-state index in [1.54, 1.807) is 12.1 Å². The highest BCUT2D eigenvalue weighted by atomic mass is 19.1. The number of amides is 2. The van der Waals surface area contributed by atoms with Crippen LogP contribution in [0.15, 0.2) is 24.3 Å². The molecule has 1 aromatic rings. The first-order valence-corrected chi connectivity index (χ1v) is 7.59. The smallest absolute Gasteiger partial charge is 0.227 e. The van der Waals surface area contributed by atoms with Gasteiger partial charge >= 0.3 is 0 Å². The third kappa shape index (κ3) is 3.27. The van der Waals surface area contributed by atoms with Gasteiger partial charge in [0, 0.05) is 31.8 Å². The van der Waals surface area contributed by atoms with Crippen molar-refractivity contribution < 1.29 is 18.7 Å². The first-order valence-electron chi connectivity index (χ1n) is 7.59. The van der Waals surface area contributed by atoms with Gasteiger partial charge in [-0.05, 0) is 37.1 Å². The quantitative estimate of drug-likeness (QED) is 0.916. The minimum atomic E-state index is -0.362. The van der Waals surface area contributed by atoms with Crippen molar-refractivity contribution in [3.8, 4) is 0 Å². The Bertz CT molecular complexity index is 555. The average Bonchev–Trinajstić information content (AvgIpc) is 3.15. The summed E-state index contributed by atoms with van der Waals surface area (Å²) in [4.78, 5) is 25.8. The first kappa shape index (κ1) is 15.0. The lowest BCUT2D eigenvalue weighted by Gasteiger charge is -2.17. The van der Waals surface area contributed by atoms with Crippen molar-refractivity contribution in [1.29, 1.82) is 0 Å². The summed E-state index contributed by atoms with van der Waals surface area (Å²) in [5, 5.41) is 2.87. The first-order chi connectivity index (χ1) is 10.6. The average molecular weight is 306 g/mol. The molecule has 2 aliphatic rings. The van der Waals surface area contributed by atoms with E-state index in [0.717, 1.165) is 19.4 Å². The van der Waals surface area contributed by atoms with Gasteiger partial charge in [-0.25, -0.2) is 4.39 Å². The maximum atomic E-state index is 12.9. The molecule has 0 unspecified atom stereocenters. The third-order valence-electron chi connectivity index (χ3n) is 4.16. The molecule has 0 bridgehead atoms. The Kier molecular flexibility index (Phi) is 4.38. The van der Waals surface area contributed by atoms with Crippen molar-refractivity contribution in [2.24, 2.45) is 5.92 Å². The number of ether oxygens (including phenoxy) is 1. The summed E-state index contributed by atoms with van der Waals surface area (Å²) in [7, 11) is 0. The fourth-order valence-corrected chi connectivity index (χ4v) is 2.92. The van der Waals surface area contributed by atoms with Gasteiger partial charge in [0.15, 0.2) is 0 Å². The molecule has 1 aromatic carbocycles. The van der Waals surface area contributed by atoms with E-state index < -0.39 is 0 Å². The van der Waals surface area contributed by atoms with Gasteiger partial charge in [-0.2, -0.15) is 0 Å². The molecule has 0 aromatic heterocycles. The molecule has 2 atom stereocenters. The minimum absolute atomic E-state index is 0.0919. The van der Waals surface area contributed by atoms with Crippen LogP contribution in [0.5, 0.6) is 0 Å². The van der Waals surface area contributed by atoms with E-state index in [0.29, 0.717) is 18.8 Å². The number of hydrogen-bond acceptors (Lipinski definition) is 3. The molecule has 5 nitrogen and oxygen atoms in total. The topological polar surface area (TPSA) is 58.6 Å². The zero-order chi connectivity index (χ0) is 15.5. The Morgan fingerprint density at radius 3 is 2.82 bits per heavy atom. The van der Waals surface area contributed by atoms with Crippen LogP contribution < -0.4 is 10.2 Å². The monoisotopic (exact) mass is 306 g/mol. The van der Waals surface area contributed by atoms with Crippen LogP contribution in [0.2, 0.25) is 0 Å². The van der Waals surface area contributed by atoms with E-state index in [9.17, 15) is 14.0 Å². The number of anilines is 1. The van der Waals surface area contributed by atoms with Crippen molar-refractivity contribution in [2.45, 2.75) is 25.4 Å². The zero-order valence-corrected chi connectivity index (χ0v) is 12.3. The molecule has 1 N–H and O–H groups in total. The second-order valence-corrected chi connectivity index (χ2v) is 5.76. The standard InChI is InChI=1S/C16H19FN2O3/c17-12-3-5-13(6-4-12)19-10-11(8-15(19)20)16(21)18-9-14-2-1-7-22-14/h3-6,11,14H,1-2,7-10H2,(H,18,21)/t11-,14+/m1/s1. The van der Waals surface area contributed by atoms with Crippen LogP contribution in [0.25, 0.3) is 0 Å². The van der Waals surface area contributed by atoms with Gasteiger partial charge in [-0.3, -0.25) is 9.59 Å². The number of carbonyl (C=O) groups excluding carboxylic acids is 2. The maximum absolute atomic E-state index is 12.9. The maximum Gasteiger partial charge on any atom is 0.227 e. The largest absolute Gasteiger partial charge is 0.376 e. The molecule has 0 radical (unpaired) electrons. The number of benzene rings is 1. The minimum Gasteiger partial charge on any atom is -0.376 e. The molecule has 2 heterocycles. The lowest BCUT2D eigenvalue weighted by molar-refractivity contribution is -0.126. The van der Waals surface area contributed by atoms with Crippen molar-refractivity contribution in [3.05, 3.63) is 30.1 Å². The van der Waals surface area contributed by atoms with Crippen molar-refractivity contribution in [3.63, 3.8) is 0 Å². The van der Waals surface area contributed by atoms with Gasteiger partial charge < -0.3 is 15.0 Å². The zero-order valence-electron chi connectivity index (χ0n) is 12.3. The van der Waals surface area contributed by atoms with E-state index in [1.165, 1.54) is 17.0 Å². The molecule has 6 heteroatoms. The van der Waals surface area contributed by atoms with E-state index in [-0.39, 0.29) is 36.1 Å². The van der Waals surface area contributed by atoms with E-state index in [4.69, 9.17) is 4.74 Å². The number of halogens is 1. The van der Waals surface area contributed by atoms with Crippen molar-refractivity contribution >= 4 is 17.5 Å². The van der Waals surface area contributed by atoms with Crippen LogP contribution >= 0.6 is 0 Å². The Hall–Kier alpha value is -1.95. The number of nitrogens with one attached hydrogen (secondary N) is 1. The van der Waals surface area contributed by atoms with Gasteiger partial charge in [-0.15, -0.1) is 0 Å². The van der Waals surface area contributed by atoms with E-state index in [2.05, 4.69) is 5.32 Å². The summed E-state index contributed by atoms with van der Waals surface area (Å²) < 4.78 is 18.4. The van der Waals surface area contributed by atoms with E-state index in [1.807, 2.05) is 0 Å². The molecule has 118 valence electrons. The SMILES string of the molecule is O=C(NC[C@@H]1CCCO1)[C@@H]1CC(=O)N(c2ccc(F)cc2)C1. The van der Waals surface area contributed by atoms with Gasteiger partial charge in [0.1, 0.15) is 5.82 Å². The highest BCUT2D eigenvalue weighted by molar-refractivity contribution is 6.00. The molecule has 2 amide bonds. The molecule has 0 saturated carbocycles. The molecule has 2 fully saturated rings. The Labute approximate surface area is 128 Å². The summed E-state index contributed by atoms with van der Waals surface area (Å²) in [5.74, 6) is -0.933.